The van der Waals surface area contributed by atoms with Crippen molar-refractivity contribution in [1.29, 1.82) is 5.26 Å². The van der Waals surface area contributed by atoms with Gasteiger partial charge in [0, 0.05) is 51.8 Å². The first kappa shape index (κ1) is 23.7. The van der Waals surface area contributed by atoms with Crippen molar-refractivity contribution < 1.29 is 13.9 Å². The van der Waals surface area contributed by atoms with E-state index in [0.717, 1.165) is 51.3 Å². The molecule has 4 rings (SSSR count). The standard InChI is InChI=1S/C28H30FN3O2/c1-33-28-19-23(20-30)7-12-27(28)34-26(24-8-10-25(29)11-9-24)13-14-31-15-17-32(18-16-31)21-22-5-3-2-4-6-22/h2-12,19,26H,13-18,21H2,1H3/t26-/m1/s1. The van der Waals surface area contributed by atoms with E-state index in [1.165, 1.54) is 17.7 Å². The van der Waals surface area contributed by atoms with Gasteiger partial charge in [-0.05, 0) is 35.4 Å². The van der Waals surface area contributed by atoms with Gasteiger partial charge in [0.05, 0.1) is 18.7 Å². The Balaban J connectivity index is 1.39. The van der Waals surface area contributed by atoms with Crippen molar-refractivity contribution in [3.63, 3.8) is 0 Å². The molecule has 5 nitrogen and oxygen atoms in total. The second-order valence-electron chi connectivity index (χ2n) is 8.53. The first-order chi connectivity index (χ1) is 16.6. The highest BCUT2D eigenvalue weighted by molar-refractivity contribution is 5.47. The van der Waals surface area contributed by atoms with E-state index in [4.69, 9.17) is 9.47 Å². The van der Waals surface area contributed by atoms with Crippen LogP contribution in [0.3, 0.4) is 0 Å². The second kappa shape index (κ2) is 11.6. The molecule has 1 aliphatic heterocycles. The first-order valence-electron chi connectivity index (χ1n) is 11.6. The predicted octanol–water partition coefficient (Wildman–Crippen LogP) is 5.03. The van der Waals surface area contributed by atoms with Gasteiger partial charge in [-0.3, -0.25) is 4.90 Å². The third-order valence-electron chi connectivity index (χ3n) is 6.23. The van der Waals surface area contributed by atoms with Gasteiger partial charge in [-0.15, -0.1) is 0 Å². The van der Waals surface area contributed by atoms with Crippen molar-refractivity contribution in [2.24, 2.45) is 0 Å². The van der Waals surface area contributed by atoms with Crippen molar-refractivity contribution in [1.82, 2.24) is 9.80 Å². The highest BCUT2D eigenvalue weighted by Gasteiger charge is 2.21. The van der Waals surface area contributed by atoms with Crippen molar-refractivity contribution in [2.45, 2.75) is 19.1 Å². The van der Waals surface area contributed by atoms with Crippen LogP contribution in [0.1, 0.15) is 29.2 Å². The zero-order chi connectivity index (χ0) is 23.8. The van der Waals surface area contributed by atoms with Crippen LogP contribution in [0.15, 0.2) is 72.8 Å². The minimum Gasteiger partial charge on any atom is -0.493 e. The fourth-order valence-electron chi connectivity index (χ4n) is 4.27. The second-order valence-corrected chi connectivity index (χ2v) is 8.53. The Kier molecular flexibility index (Phi) is 8.13. The summed E-state index contributed by atoms with van der Waals surface area (Å²) in [7, 11) is 1.56. The zero-order valence-corrected chi connectivity index (χ0v) is 19.5. The highest BCUT2D eigenvalue weighted by Crippen LogP contribution is 2.33. The number of piperazine rings is 1. The van der Waals surface area contributed by atoms with Crippen LogP contribution in [0.4, 0.5) is 4.39 Å². The summed E-state index contributed by atoms with van der Waals surface area (Å²) in [5.41, 5.74) is 2.77. The molecular formula is C28H30FN3O2. The lowest BCUT2D eigenvalue weighted by Crippen LogP contribution is -2.46. The SMILES string of the molecule is COc1cc(C#N)ccc1O[C@H](CCN1CCN(Cc2ccccc2)CC1)c1ccc(F)cc1. The molecule has 1 saturated heterocycles. The van der Waals surface area contributed by atoms with Crippen LogP contribution in [0.5, 0.6) is 11.5 Å². The molecule has 0 N–H and O–H groups in total. The van der Waals surface area contributed by atoms with Gasteiger partial charge in [-0.2, -0.15) is 5.26 Å². The molecule has 6 heteroatoms. The van der Waals surface area contributed by atoms with Gasteiger partial charge in [0.25, 0.3) is 0 Å². The number of nitrogens with zero attached hydrogens (tertiary/aromatic N) is 3. The number of methoxy groups -OCH3 is 1. The molecule has 0 saturated carbocycles. The van der Waals surface area contributed by atoms with Crippen molar-refractivity contribution in [3.8, 4) is 17.6 Å². The maximum Gasteiger partial charge on any atom is 0.162 e. The maximum absolute atomic E-state index is 13.5. The zero-order valence-electron chi connectivity index (χ0n) is 19.5. The average Bonchev–Trinajstić information content (AvgIpc) is 2.88. The molecule has 1 heterocycles. The minimum atomic E-state index is -0.270. The molecule has 0 bridgehead atoms. The van der Waals surface area contributed by atoms with E-state index in [0.29, 0.717) is 17.1 Å². The summed E-state index contributed by atoms with van der Waals surface area (Å²) in [4.78, 5) is 4.94. The summed E-state index contributed by atoms with van der Waals surface area (Å²) in [5.74, 6) is 0.817. The smallest absolute Gasteiger partial charge is 0.162 e. The summed E-state index contributed by atoms with van der Waals surface area (Å²) in [6.45, 7) is 5.92. The average molecular weight is 460 g/mol. The molecule has 0 spiro atoms. The normalized spacial score (nSPS) is 15.4. The van der Waals surface area contributed by atoms with Crippen LogP contribution in [0.25, 0.3) is 0 Å². The van der Waals surface area contributed by atoms with Gasteiger partial charge < -0.3 is 14.4 Å². The Morgan fingerprint density at radius 2 is 1.62 bits per heavy atom. The molecule has 1 aliphatic rings. The van der Waals surface area contributed by atoms with Gasteiger partial charge in [0.1, 0.15) is 11.9 Å². The molecule has 3 aromatic carbocycles. The number of hydrogen-bond donors (Lipinski definition) is 0. The first-order valence-corrected chi connectivity index (χ1v) is 11.6. The van der Waals surface area contributed by atoms with Gasteiger partial charge in [-0.1, -0.05) is 42.5 Å². The largest absolute Gasteiger partial charge is 0.493 e. The van der Waals surface area contributed by atoms with E-state index in [-0.39, 0.29) is 11.9 Å². The lowest BCUT2D eigenvalue weighted by Gasteiger charge is -2.35. The number of nitriles is 1. The fraction of sp³-hybridized carbons (Fsp3) is 0.321. The monoisotopic (exact) mass is 459 g/mol. The van der Waals surface area contributed by atoms with E-state index >= 15 is 0 Å². The van der Waals surface area contributed by atoms with E-state index in [1.807, 2.05) is 0 Å². The van der Waals surface area contributed by atoms with Crippen LogP contribution in [0, 0.1) is 17.1 Å². The Morgan fingerprint density at radius 1 is 0.912 bits per heavy atom. The summed E-state index contributed by atoms with van der Waals surface area (Å²) in [6, 6.07) is 24.3. The molecule has 0 unspecified atom stereocenters. The third-order valence-corrected chi connectivity index (χ3v) is 6.23. The molecule has 1 atom stereocenters. The Labute approximate surface area is 200 Å². The van der Waals surface area contributed by atoms with Gasteiger partial charge in [0.2, 0.25) is 0 Å². The summed E-state index contributed by atoms with van der Waals surface area (Å²) in [6.07, 6.45) is 0.498. The summed E-state index contributed by atoms with van der Waals surface area (Å²) in [5, 5.41) is 9.17. The van der Waals surface area contributed by atoms with Crippen LogP contribution in [-0.4, -0.2) is 49.6 Å². The van der Waals surface area contributed by atoms with Crippen LogP contribution < -0.4 is 9.47 Å². The summed E-state index contributed by atoms with van der Waals surface area (Å²) < 4.78 is 25.4. The number of rotatable bonds is 9. The van der Waals surface area contributed by atoms with Crippen LogP contribution in [0.2, 0.25) is 0 Å². The lowest BCUT2D eigenvalue weighted by molar-refractivity contribution is 0.106. The molecule has 1 fully saturated rings. The Morgan fingerprint density at radius 3 is 2.29 bits per heavy atom. The highest BCUT2D eigenvalue weighted by atomic mass is 19.1. The molecular weight excluding hydrogens is 429 g/mol. The van der Waals surface area contributed by atoms with Crippen molar-refractivity contribution in [3.05, 3.63) is 95.3 Å². The van der Waals surface area contributed by atoms with Gasteiger partial charge in [-0.25, -0.2) is 4.39 Å². The minimum absolute atomic E-state index is 0.259. The topological polar surface area (TPSA) is 48.7 Å². The molecule has 34 heavy (non-hydrogen) atoms. The molecule has 176 valence electrons. The molecule has 0 radical (unpaired) electrons. The van der Waals surface area contributed by atoms with Crippen LogP contribution >= 0.6 is 0 Å². The van der Waals surface area contributed by atoms with E-state index < -0.39 is 0 Å². The maximum atomic E-state index is 13.5. The number of halogens is 1. The molecule has 0 amide bonds. The molecule has 0 aliphatic carbocycles. The predicted molar refractivity (Wildman–Crippen MR) is 130 cm³/mol. The number of benzene rings is 3. The van der Waals surface area contributed by atoms with E-state index in [1.54, 1.807) is 37.4 Å². The van der Waals surface area contributed by atoms with E-state index in [2.05, 4.69) is 46.2 Å². The van der Waals surface area contributed by atoms with Gasteiger partial charge in [0.15, 0.2) is 11.5 Å². The molecule has 3 aromatic rings. The third kappa shape index (κ3) is 6.34. The fourth-order valence-corrected chi connectivity index (χ4v) is 4.27. The Bertz CT molecular complexity index is 1090. The summed E-state index contributed by atoms with van der Waals surface area (Å²) >= 11 is 0. The lowest BCUT2D eigenvalue weighted by atomic mass is 10.1. The Hall–Kier alpha value is -3.40. The molecule has 0 aromatic heterocycles. The van der Waals surface area contributed by atoms with E-state index in [9.17, 15) is 9.65 Å². The van der Waals surface area contributed by atoms with Crippen LogP contribution in [-0.2, 0) is 6.54 Å². The number of ether oxygens (including phenoxy) is 2. The van der Waals surface area contributed by atoms with Crippen molar-refractivity contribution >= 4 is 0 Å². The van der Waals surface area contributed by atoms with Crippen molar-refractivity contribution in [2.75, 3.05) is 39.8 Å². The number of hydrogen-bond acceptors (Lipinski definition) is 5. The quantitative estimate of drug-likeness (QED) is 0.449. The van der Waals surface area contributed by atoms with Gasteiger partial charge >= 0.3 is 0 Å².